The van der Waals surface area contributed by atoms with E-state index < -0.39 is 16.4 Å². The van der Waals surface area contributed by atoms with Crippen molar-refractivity contribution in [1.82, 2.24) is 0 Å². The molecule has 1 aromatic rings. The van der Waals surface area contributed by atoms with Gasteiger partial charge in [-0.1, -0.05) is 31.8 Å². The van der Waals surface area contributed by atoms with Crippen LogP contribution < -0.4 is 4.74 Å². The number of methoxy groups -OCH3 is 1. The molecule has 0 aromatic heterocycles. The summed E-state index contributed by atoms with van der Waals surface area (Å²) in [5.41, 5.74) is 2.54. The van der Waals surface area contributed by atoms with Crippen molar-refractivity contribution in [1.29, 1.82) is 0 Å². The Hall–Kier alpha value is -0.586. The molecular weight excluding hydrogens is 256 g/mol. The Labute approximate surface area is 113 Å². The first-order chi connectivity index (χ1) is 8.22. The molecule has 0 saturated carbocycles. The fraction of sp³-hybridized carbons (Fsp3) is 0.571. The van der Waals surface area contributed by atoms with E-state index in [0.29, 0.717) is 0 Å². The first kappa shape index (κ1) is 15.5. The van der Waals surface area contributed by atoms with Crippen molar-refractivity contribution in [2.45, 2.75) is 45.0 Å². The predicted molar refractivity (Wildman–Crippen MR) is 83.4 cm³/mol. The number of rotatable bonds is 6. The van der Waals surface area contributed by atoms with E-state index in [9.17, 15) is 0 Å². The molecule has 2 nitrogen and oxygen atoms in total. The first-order valence-corrected chi connectivity index (χ1v) is 13.3. The first-order valence-electron chi connectivity index (χ1n) is 6.49. The summed E-state index contributed by atoms with van der Waals surface area (Å²) in [6.07, 6.45) is 0. The molecule has 1 rings (SSSR count). The Balaban J connectivity index is 2.53. The normalized spacial score (nSPS) is 12.6. The molecule has 0 N–H and O–H groups in total. The van der Waals surface area contributed by atoms with Crippen LogP contribution in [-0.2, 0) is 11.0 Å². The van der Waals surface area contributed by atoms with Gasteiger partial charge in [-0.15, -0.1) is 0 Å². The second kappa shape index (κ2) is 6.04. The van der Waals surface area contributed by atoms with Crippen molar-refractivity contribution in [2.75, 3.05) is 7.11 Å². The van der Waals surface area contributed by atoms with Gasteiger partial charge in [0.1, 0.15) is 5.75 Å². The highest BCUT2D eigenvalue weighted by Gasteiger charge is 2.30. The van der Waals surface area contributed by atoms with E-state index in [1.165, 1.54) is 11.2 Å². The molecule has 0 radical (unpaired) electrons. The molecule has 0 spiro atoms. The quantitative estimate of drug-likeness (QED) is 0.725. The lowest BCUT2D eigenvalue weighted by Gasteiger charge is -2.29. The molecule has 0 aliphatic heterocycles. The minimum Gasteiger partial charge on any atom is -0.497 e. The topological polar surface area (TPSA) is 18.5 Å². The smallest absolute Gasteiger partial charge is 0.184 e. The van der Waals surface area contributed by atoms with E-state index in [0.717, 1.165) is 12.4 Å². The van der Waals surface area contributed by atoms with Crippen LogP contribution in [0, 0.1) is 0 Å². The highest BCUT2D eigenvalue weighted by atomic mass is 28.4. The van der Waals surface area contributed by atoms with Crippen LogP contribution >= 0.6 is 0 Å². The summed E-state index contributed by atoms with van der Waals surface area (Å²) in [7, 11) is -0.852. The summed E-state index contributed by atoms with van der Waals surface area (Å²) in [5, 5.41) is 0. The van der Waals surface area contributed by atoms with Gasteiger partial charge >= 0.3 is 0 Å². The Morgan fingerprint density at radius 2 is 1.50 bits per heavy atom. The zero-order valence-corrected chi connectivity index (χ0v) is 14.5. The molecule has 102 valence electrons. The number of benzene rings is 1. The molecule has 18 heavy (non-hydrogen) atoms. The molecule has 0 fully saturated rings. The third kappa shape index (κ3) is 5.84. The van der Waals surface area contributed by atoms with Crippen LogP contribution in [0.5, 0.6) is 5.75 Å². The minimum atomic E-state index is -1.51. The zero-order chi connectivity index (χ0) is 13.8. The zero-order valence-electron chi connectivity index (χ0n) is 12.5. The number of hydrogen-bond acceptors (Lipinski definition) is 2. The van der Waals surface area contributed by atoms with Gasteiger partial charge in [0.05, 0.1) is 13.7 Å². The Bertz CT molecular complexity index is 366. The van der Waals surface area contributed by atoms with Crippen LogP contribution in [0.4, 0.5) is 0 Å². The van der Waals surface area contributed by atoms with E-state index in [1.54, 1.807) is 7.11 Å². The van der Waals surface area contributed by atoms with Gasteiger partial charge in [-0.05, 0) is 36.5 Å². The van der Waals surface area contributed by atoms with Gasteiger partial charge in [0.2, 0.25) is 0 Å². The van der Waals surface area contributed by atoms with Gasteiger partial charge in [-0.3, -0.25) is 0 Å². The van der Waals surface area contributed by atoms with Gasteiger partial charge in [-0.25, -0.2) is 0 Å². The Kier molecular flexibility index (Phi) is 5.19. The average Bonchev–Trinajstić information content (AvgIpc) is 2.24. The molecule has 0 saturated heterocycles. The van der Waals surface area contributed by atoms with Crippen molar-refractivity contribution < 1.29 is 9.16 Å². The Morgan fingerprint density at radius 3 is 1.94 bits per heavy atom. The van der Waals surface area contributed by atoms with Crippen molar-refractivity contribution in [3.8, 4) is 5.75 Å². The highest BCUT2D eigenvalue weighted by molar-refractivity contribution is 6.92. The van der Waals surface area contributed by atoms with Crippen LogP contribution in [0.25, 0.3) is 0 Å². The van der Waals surface area contributed by atoms with Crippen molar-refractivity contribution >= 4 is 16.4 Å². The maximum absolute atomic E-state index is 6.20. The van der Waals surface area contributed by atoms with Crippen molar-refractivity contribution in [3.63, 3.8) is 0 Å². The van der Waals surface area contributed by atoms with Gasteiger partial charge in [0.25, 0.3) is 0 Å². The maximum Gasteiger partial charge on any atom is 0.184 e. The van der Waals surface area contributed by atoms with E-state index in [1.807, 2.05) is 12.1 Å². The summed E-state index contributed by atoms with van der Waals surface area (Å²) in [6, 6.07) is 8.15. The van der Waals surface area contributed by atoms with E-state index in [-0.39, 0.29) is 0 Å². The lowest BCUT2D eigenvalue weighted by atomic mass is 10.2. The van der Waals surface area contributed by atoms with Gasteiger partial charge < -0.3 is 9.16 Å². The molecule has 0 bridgehead atoms. The van der Waals surface area contributed by atoms with E-state index in [4.69, 9.17) is 9.16 Å². The predicted octanol–water partition coefficient (Wildman–Crippen LogP) is 4.29. The van der Waals surface area contributed by atoms with Gasteiger partial charge in [-0.2, -0.15) is 0 Å². The van der Waals surface area contributed by atoms with Crippen LogP contribution in [0.1, 0.15) is 5.56 Å². The van der Waals surface area contributed by atoms with Gasteiger partial charge in [0, 0.05) is 8.07 Å². The summed E-state index contributed by atoms with van der Waals surface area (Å²) >= 11 is 0. The SMILES string of the molecule is COc1ccc(CO[Si](C)(C)C[Si](C)(C)C)cc1. The molecule has 0 atom stereocenters. The largest absolute Gasteiger partial charge is 0.497 e. The van der Waals surface area contributed by atoms with Crippen LogP contribution in [0.3, 0.4) is 0 Å². The lowest BCUT2D eigenvalue weighted by Crippen LogP contribution is -2.39. The minimum absolute atomic E-state index is 0.730. The fourth-order valence-corrected chi connectivity index (χ4v) is 13.5. The molecule has 0 unspecified atom stereocenters. The van der Waals surface area contributed by atoms with E-state index >= 15 is 0 Å². The highest BCUT2D eigenvalue weighted by Crippen LogP contribution is 2.22. The Morgan fingerprint density at radius 1 is 0.944 bits per heavy atom. The molecular formula is C14H26O2Si2. The fourth-order valence-electron chi connectivity index (χ4n) is 2.33. The van der Waals surface area contributed by atoms with Crippen molar-refractivity contribution in [2.24, 2.45) is 0 Å². The average molecular weight is 283 g/mol. The molecule has 0 heterocycles. The molecule has 0 aliphatic rings. The number of hydrogen-bond donors (Lipinski definition) is 0. The van der Waals surface area contributed by atoms with Crippen LogP contribution in [0.15, 0.2) is 24.3 Å². The maximum atomic E-state index is 6.20. The summed E-state index contributed by atoms with van der Waals surface area (Å²) in [6.45, 7) is 12.6. The summed E-state index contributed by atoms with van der Waals surface area (Å²) in [4.78, 5) is 0. The van der Waals surface area contributed by atoms with Crippen LogP contribution in [-0.4, -0.2) is 23.5 Å². The second-order valence-corrected chi connectivity index (χ2v) is 17.0. The molecule has 1 aromatic carbocycles. The third-order valence-electron chi connectivity index (χ3n) is 2.74. The number of ether oxygens (including phenoxy) is 1. The third-order valence-corrected chi connectivity index (χ3v) is 11.3. The van der Waals surface area contributed by atoms with E-state index in [2.05, 4.69) is 44.9 Å². The monoisotopic (exact) mass is 282 g/mol. The second-order valence-electron chi connectivity index (χ2n) is 6.63. The molecule has 0 amide bonds. The molecule has 4 heteroatoms. The standard InChI is InChI=1S/C14H26O2Si2/c1-15-14-9-7-13(8-10-14)11-16-18(5,6)12-17(2,3)4/h7-10H,11-12H2,1-6H3. The summed E-state index contributed by atoms with van der Waals surface area (Å²) in [5.74, 6) is 0.900. The lowest BCUT2D eigenvalue weighted by molar-refractivity contribution is 0.297. The van der Waals surface area contributed by atoms with Gasteiger partial charge in [0.15, 0.2) is 8.32 Å². The molecule has 0 aliphatic carbocycles. The van der Waals surface area contributed by atoms with Crippen molar-refractivity contribution in [3.05, 3.63) is 29.8 Å². The van der Waals surface area contributed by atoms with Crippen LogP contribution in [0.2, 0.25) is 38.4 Å². The summed E-state index contributed by atoms with van der Waals surface area (Å²) < 4.78 is 11.4.